The van der Waals surface area contributed by atoms with Crippen molar-refractivity contribution in [1.82, 2.24) is 0 Å². The highest BCUT2D eigenvalue weighted by atomic mass is 14.6. The molecule has 1 aromatic rings. The van der Waals surface area contributed by atoms with E-state index in [1.165, 1.54) is 31.2 Å². The van der Waals surface area contributed by atoms with Crippen LogP contribution < -0.4 is 0 Å². The smallest absolute Gasteiger partial charge is 0.00155 e. The molecular weight excluding hydrogens is 156 g/mol. The molecule has 2 saturated carbocycles. The van der Waals surface area contributed by atoms with Crippen LogP contribution in [0.4, 0.5) is 0 Å². The lowest BCUT2D eigenvalue weighted by Gasteiger charge is -2.12. The van der Waals surface area contributed by atoms with Crippen molar-refractivity contribution in [1.29, 1.82) is 0 Å². The molecule has 0 spiro atoms. The van der Waals surface area contributed by atoms with E-state index in [-0.39, 0.29) is 0 Å². The Hall–Kier alpha value is -0.780. The molecule has 3 rings (SSSR count). The molecule has 0 amide bonds. The molecule has 0 nitrogen and oxygen atoms in total. The molecule has 0 heteroatoms. The lowest BCUT2D eigenvalue weighted by atomic mass is 9.93. The Morgan fingerprint density at radius 2 is 2.00 bits per heavy atom. The van der Waals surface area contributed by atoms with Crippen molar-refractivity contribution in [2.75, 3.05) is 0 Å². The van der Waals surface area contributed by atoms with E-state index in [1.54, 1.807) is 5.56 Å². The minimum absolute atomic E-state index is 0.647. The standard InChI is InChI=1S/C13H16/c1-10-4-6-11(7-5-10)13-8-2-3-12(13)9-13/h4-7,12H,2-3,8-9H2,1H3. The van der Waals surface area contributed by atoms with Crippen molar-refractivity contribution in [3.05, 3.63) is 35.4 Å². The molecule has 0 aliphatic heterocycles. The van der Waals surface area contributed by atoms with Crippen molar-refractivity contribution in [2.24, 2.45) is 5.92 Å². The fourth-order valence-electron chi connectivity index (χ4n) is 3.11. The van der Waals surface area contributed by atoms with Crippen LogP contribution in [-0.4, -0.2) is 0 Å². The minimum atomic E-state index is 0.647. The highest BCUT2D eigenvalue weighted by Crippen LogP contribution is 2.64. The number of aryl methyl sites for hydroxylation is 1. The summed E-state index contributed by atoms with van der Waals surface area (Å²) in [7, 11) is 0. The summed E-state index contributed by atoms with van der Waals surface area (Å²) < 4.78 is 0. The van der Waals surface area contributed by atoms with Crippen molar-refractivity contribution >= 4 is 0 Å². The molecule has 0 heterocycles. The van der Waals surface area contributed by atoms with Gasteiger partial charge in [-0.05, 0) is 43.1 Å². The van der Waals surface area contributed by atoms with Gasteiger partial charge in [0.15, 0.2) is 0 Å². The summed E-state index contributed by atoms with van der Waals surface area (Å²) >= 11 is 0. The van der Waals surface area contributed by atoms with Gasteiger partial charge in [0.25, 0.3) is 0 Å². The van der Waals surface area contributed by atoms with Gasteiger partial charge in [-0.2, -0.15) is 0 Å². The molecule has 0 N–H and O–H groups in total. The molecule has 0 radical (unpaired) electrons. The highest BCUT2D eigenvalue weighted by molar-refractivity contribution is 5.36. The average Bonchev–Trinajstić information content (AvgIpc) is 2.71. The Morgan fingerprint density at radius 3 is 2.54 bits per heavy atom. The summed E-state index contributed by atoms with van der Waals surface area (Å²) in [5.74, 6) is 1.04. The van der Waals surface area contributed by atoms with E-state index >= 15 is 0 Å². The number of hydrogen-bond acceptors (Lipinski definition) is 0. The molecule has 0 bridgehead atoms. The van der Waals surface area contributed by atoms with Crippen molar-refractivity contribution in [2.45, 2.75) is 38.0 Å². The predicted molar refractivity (Wildman–Crippen MR) is 54.8 cm³/mol. The monoisotopic (exact) mass is 172 g/mol. The molecule has 2 aliphatic rings. The number of rotatable bonds is 1. The van der Waals surface area contributed by atoms with Gasteiger partial charge in [-0.3, -0.25) is 0 Å². The van der Waals surface area contributed by atoms with Crippen LogP contribution in [0.15, 0.2) is 24.3 Å². The zero-order valence-electron chi connectivity index (χ0n) is 8.22. The quantitative estimate of drug-likeness (QED) is 0.608. The van der Waals surface area contributed by atoms with Crippen LogP contribution in [-0.2, 0) is 5.41 Å². The molecular formula is C13H16. The molecule has 2 aliphatic carbocycles. The molecule has 2 unspecified atom stereocenters. The first kappa shape index (κ1) is 7.61. The average molecular weight is 172 g/mol. The highest BCUT2D eigenvalue weighted by Gasteiger charge is 2.57. The largest absolute Gasteiger partial charge is 0.0590 e. The summed E-state index contributed by atoms with van der Waals surface area (Å²) in [5.41, 5.74) is 3.64. The normalized spacial score (nSPS) is 35.9. The van der Waals surface area contributed by atoms with E-state index in [4.69, 9.17) is 0 Å². The van der Waals surface area contributed by atoms with Gasteiger partial charge in [0.05, 0.1) is 0 Å². The molecule has 68 valence electrons. The van der Waals surface area contributed by atoms with Gasteiger partial charge in [0.2, 0.25) is 0 Å². The van der Waals surface area contributed by atoms with Crippen molar-refractivity contribution in [3.63, 3.8) is 0 Å². The number of hydrogen-bond donors (Lipinski definition) is 0. The van der Waals surface area contributed by atoms with E-state index in [0.717, 1.165) is 5.92 Å². The molecule has 13 heavy (non-hydrogen) atoms. The van der Waals surface area contributed by atoms with Gasteiger partial charge in [-0.15, -0.1) is 0 Å². The van der Waals surface area contributed by atoms with Gasteiger partial charge < -0.3 is 0 Å². The van der Waals surface area contributed by atoms with E-state index < -0.39 is 0 Å². The second-order valence-electron chi connectivity index (χ2n) is 4.82. The summed E-state index contributed by atoms with van der Waals surface area (Å²) in [6.45, 7) is 2.17. The summed E-state index contributed by atoms with van der Waals surface area (Å²) in [6, 6.07) is 9.22. The first-order chi connectivity index (χ1) is 6.31. The molecule has 2 fully saturated rings. The Kier molecular flexibility index (Phi) is 1.39. The van der Waals surface area contributed by atoms with E-state index in [2.05, 4.69) is 31.2 Å². The summed E-state index contributed by atoms with van der Waals surface area (Å²) in [4.78, 5) is 0. The van der Waals surface area contributed by atoms with Gasteiger partial charge in [0, 0.05) is 0 Å². The summed E-state index contributed by atoms with van der Waals surface area (Å²) in [5, 5.41) is 0. The van der Waals surface area contributed by atoms with Gasteiger partial charge >= 0.3 is 0 Å². The Bertz CT molecular complexity index is 322. The van der Waals surface area contributed by atoms with E-state index in [0.29, 0.717) is 5.41 Å². The molecule has 2 atom stereocenters. The fraction of sp³-hybridized carbons (Fsp3) is 0.538. The van der Waals surface area contributed by atoms with Gasteiger partial charge in [-0.1, -0.05) is 36.2 Å². The third kappa shape index (κ3) is 0.979. The van der Waals surface area contributed by atoms with Crippen LogP contribution in [0.25, 0.3) is 0 Å². The maximum absolute atomic E-state index is 2.35. The van der Waals surface area contributed by atoms with Crippen molar-refractivity contribution < 1.29 is 0 Å². The fourth-order valence-corrected chi connectivity index (χ4v) is 3.11. The van der Waals surface area contributed by atoms with Gasteiger partial charge in [-0.25, -0.2) is 0 Å². The third-order valence-corrected chi connectivity index (χ3v) is 4.03. The van der Waals surface area contributed by atoms with E-state index in [9.17, 15) is 0 Å². The predicted octanol–water partition coefficient (Wildman–Crippen LogP) is 3.44. The molecule has 1 aromatic carbocycles. The zero-order chi connectivity index (χ0) is 8.89. The lowest BCUT2D eigenvalue weighted by molar-refractivity contribution is 0.657. The Morgan fingerprint density at radius 1 is 1.23 bits per heavy atom. The van der Waals surface area contributed by atoms with Crippen LogP contribution in [0, 0.1) is 12.8 Å². The second kappa shape index (κ2) is 2.37. The minimum Gasteiger partial charge on any atom is -0.0590 e. The van der Waals surface area contributed by atoms with Crippen LogP contribution in [0.5, 0.6) is 0 Å². The van der Waals surface area contributed by atoms with Crippen LogP contribution >= 0.6 is 0 Å². The maximum atomic E-state index is 2.35. The number of benzene rings is 1. The Labute approximate surface area is 80.0 Å². The second-order valence-corrected chi connectivity index (χ2v) is 4.82. The van der Waals surface area contributed by atoms with Crippen molar-refractivity contribution in [3.8, 4) is 0 Å². The van der Waals surface area contributed by atoms with E-state index in [1.807, 2.05) is 0 Å². The molecule has 0 saturated heterocycles. The van der Waals surface area contributed by atoms with Crippen LogP contribution in [0.3, 0.4) is 0 Å². The third-order valence-electron chi connectivity index (χ3n) is 4.03. The lowest BCUT2D eigenvalue weighted by Crippen LogP contribution is -2.04. The van der Waals surface area contributed by atoms with Crippen LogP contribution in [0.2, 0.25) is 0 Å². The Balaban J connectivity index is 1.97. The molecule has 0 aromatic heterocycles. The van der Waals surface area contributed by atoms with Crippen LogP contribution in [0.1, 0.15) is 36.8 Å². The topological polar surface area (TPSA) is 0 Å². The SMILES string of the molecule is Cc1ccc(C23CCCC2C3)cc1. The zero-order valence-corrected chi connectivity index (χ0v) is 8.22. The first-order valence-corrected chi connectivity index (χ1v) is 5.38. The number of fused-ring (bicyclic) bond motifs is 1. The summed E-state index contributed by atoms with van der Waals surface area (Å²) in [6.07, 6.45) is 5.85. The maximum Gasteiger partial charge on any atom is -0.00155 e. The first-order valence-electron chi connectivity index (χ1n) is 5.38. The van der Waals surface area contributed by atoms with Gasteiger partial charge in [0.1, 0.15) is 0 Å².